The fraction of sp³-hybridized carbons (Fsp3) is 0.556. The van der Waals surface area contributed by atoms with Crippen LogP contribution in [0.2, 0.25) is 0 Å². The first kappa shape index (κ1) is 29.7. The summed E-state index contributed by atoms with van der Waals surface area (Å²) in [7, 11) is 3.44. The fourth-order valence-corrected chi connectivity index (χ4v) is 6.93. The maximum Gasteiger partial charge on any atom is 0.353 e. The van der Waals surface area contributed by atoms with Crippen LogP contribution >= 0.6 is 11.8 Å². The van der Waals surface area contributed by atoms with Gasteiger partial charge in [0.05, 0.1) is 12.1 Å². The highest BCUT2D eigenvalue weighted by Gasteiger charge is 2.47. The molecule has 6 atom stereocenters. The fourth-order valence-electron chi connectivity index (χ4n) is 5.37. The second kappa shape index (κ2) is 12.3. The van der Waals surface area contributed by atoms with Crippen molar-refractivity contribution in [1.82, 2.24) is 14.7 Å². The molecule has 0 radical (unpaired) electrons. The summed E-state index contributed by atoms with van der Waals surface area (Å²) in [5, 5.41) is 22.9. The van der Waals surface area contributed by atoms with Crippen molar-refractivity contribution in [3.63, 3.8) is 0 Å². The van der Waals surface area contributed by atoms with Gasteiger partial charge < -0.3 is 25.3 Å². The lowest BCUT2D eigenvalue weighted by Crippen LogP contribution is -2.42. The SMILES string of the molecule is CC(=O)Nc1ccc(CN2C[C@@H](SC3=C(C(=O)O)N(C=O)C([C@H](C)[C@@H](C)O)[C@H]3C)C[C@H]2C(=O)N(C)C)cc1. The molecule has 0 aliphatic carbocycles. The van der Waals surface area contributed by atoms with Crippen LogP contribution in [0.15, 0.2) is 34.9 Å². The van der Waals surface area contributed by atoms with E-state index in [-0.39, 0.29) is 40.6 Å². The molecule has 3 amide bonds. The molecule has 2 heterocycles. The molecule has 0 bridgehead atoms. The average Bonchev–Trinajstić information content (AvgIpc) is 3.36. The largest absolute Gasteiger partial charge is 0.477 e. The maximum atomic E-state index is 13.1. The summed E-state index contributed by atoms with van der Waals surface area (Å²) in [6.45, 7) is 7.87. The van der Waals surface area contributed by atoms with E-state index in [9.17, 15) is 29.4 Å². The molecule has 1 saturated heterocycles. The Labute approximate surface area is 228 Å². The lowest BCUT2D eigenvalue weighted by molar-refractivity contribution is -0.137. The lowest BCUT2D eigenvalue weighted by Gasteiger charge is -2.32. The van der Waals surface area contributed by atoms with Gasteiger partial charge in [-0.15, -0.1) is 11.8 Å². The van der Waals surface area contributed by atoms with E-state index in [0.29, 0.717) is 36.5 Å². The second-order valence-corrected chi connectivity index (χ2v) is 11.8. The third kappa shape index (κ3) is 6.39. The molecule has 1 unspecified atom stereocenters. The van der Waals surface area contributed by atoms with Crippen molar-refractivity contribution in [3.05, 3.63) is 40.4 Å². The number of anilines is 1. The van der Waals surface area contributed by atoms with Gasteiger partial charge in [0.2, 0.25) is 18.2 Å². The number of carboxylic acids is 1. The number of hydrogen-bond acceptors (Lipinski definition) is 7. The number of thioether (sulfide) groups is 1. The van der Waals surface area contributed by atoms with Crippen LogP contribution in [0.3, 0.4) is 0 Å². The average molecular weight is 547 g/mol. The van der Waals surface area contributed by atoms with Gasteiger partial charge in [-0.1, -0.05) is 26.0 Å². The van der Waals surface area contributed by atoms with Crippen molar-refractivity contribution < 1.29 is 29.4 Å². The molecule has 11 heteroatoms. The number of aliphatic hydroxyl groups excluding tert-OH is 1. The number of aliphatic hydroxyl groups is 1. The summed E-state index contributed by atoms with van der Waals surface area (Å²) in [6.07, 6.45) is 0.360. The van der Waals surface area contributed by atoms with Crippen LogP contribution in [0.1, 0.15) is 39.7 Å². The first-order valence-corrected chi connectivity index (χ1v) is 13.6. The first-order valence-electron chi connectivity index (χ1n) is 12.7. The number of carboxylic acid groups (broad SMARTS) is 1. The number of aliphatic carboxylic acids is 1. The number of amides is 3. The number of carbonyl (C=O) groups is 4. The Balaban J connectivity index is 1.85. The van der Waals surface area contributed by atoms with Gasteiger partial charge in [-0.2, -0.15) is 0 Å². The standard InChI is InChI=1S/C27H38N4O6S/c1-15(17(3)33)23-16(2)25(24(27(36)37)31(23)14-32)38-21-11-22(26(35)29(5)6)30(13-21)12-19-7-9-20(10-8-19)28-18(4)34/h7-10,14-17,21-23,33H,11-13H2,1-6H3,(H,28,34)(H,36,37)/t15-,16-,17-,21+,22+,23?/m1/s1. The van der Waals surface area contributed by atoms with Gasteiger partial charge >= 0.3 is 5.97 Å². The Morgan fingerprint density at radius 2 is 1.84 bits per heavy atom. The minimum Gasteiger partial charge on any atom is -0.477 e. The molecule has 1 aromatic rings. The van der Waals surface area contributed by atoms with E-state index in [1.807, 2.05) is 38.1 Å². The molecule has 38 heavy (non-hydrogen) atoms. The Morgan fingerprint density at radius 3 is 2.34 bits per heavy atom. The molecule has 0 spiro atoms. The zero-order valence-electron chi connectivity index (χ0n) is 22.7. The number of benzene rings is 1. The highest BCUT2D eigenvalue weighted by Crippen LogP contribution is 2.46. The Bertz CT molecular complexity index is 1090. The van der Waals surface area contributed by atoms with Crippen LogP contribution in [-0.4, -0.2) is 93.2 Å². The highest BCUT2D eigenvalue weighted by atomic mass is 32.2. The molecule has 2 aliphatic heterocycles. The predicted molar refractivity (Wildman–Crippen MR) is 146 cm³/mol. The zero-order valence-corrected chi connectivity index (χ0v) is 23.6. The monoisotopic (exact) mass is 546 g/mol. The summed E-state index contributed by atoms with van der Waals surface area (Å²) in [5.41, 5.74) is 1.64. The topological polar surface area (TPSA) is 130 Å². The summed E-state index contributed by atoms with van der Waals surface area (Å²) in [4.78, 5) is 54.2. The molecule has 1 fully saturated rings. The third-order valence-corrected chi connectivity index (χ3v) is 8.89. The smallest absolute Gasteiger partial charge is 0.353 e. The summed E-state index contributed by atoms with van der Waals surface area (Å²) < 4.78 is 0. The normalized spacial score (nSPS) is 25.3. The highest BCUT2D eigenvalue weighted by molar-refractivity contribution is 8.03. The second-order valence-electron chi connectivity index (χ2n) is 10.4. The zero-order chi connectivity index (χ0) is 28.3. The molecular weight excluding hydrogens is 508 g/mol. The van der Waals surface area contributed by atoms with Gasteiger partial charge in [0, 0.05) is 67.8 Å². The van der Waals surface area contributed by atoms with Crippen molar-refractivity contribution in [3.8, 4) is 0 Å². The van der Waals surface area contributed by atoms with Gasteiger partial charge in [0.1, 0.15) is 5.70 Å². The van der Waals surface area contributed by atoms with E-state index in [1.54, 1.807) is 25.9 Å². The molecule has 1 aromatic carbocycles. The van der Waals surface area contributed by atoms with Crippen molar-refractivity contribution >= 4 is 41.6 Å². The van der Waals surface area contributed by atoms with Crippen molar-refractivity contribution in [2.45, 2.75) is 64.1 Å². The van der Waals surface area contributed by atoms with Crippen molar-refractivity contribution in [2.24, 2.45) is 11.8 Å². The summed E-state index contributed by atoms with van der Waals surface area (Å²) in [5.74, 6) is -1.96. The van der Waals surface area contributed by atoms with E-state index >= 15 is 0 Å². The summed E-state index contributed by atoms with van der Waals surface area (Å²) >= 11 is 1.42. The molecule has 2 aliphatic rings. The van der Waals surface area contributed by atoms with Gasteiger partial charge in [-0.25, -0.2) is 4.79 Å². The Morgan fingerprint density at radius 1 is 1.21 bits per heavy atom. The first-order chi connectivity index (χ1) is 17.8. The Kier molecular flexibility index (Phi) is 9.61. The van der Waals surface area contributed by atoms with Crippen molar-refractivity contribution in [2.75, 3.05) is 26.0 Å². The van der Waals surface area contributed by atoms with Crippen LogP contribution < -0.4 is 5.32 Å². The van der Waals surface area contributed by atoms with Crippen LogP contribution in [0.5, 0.6) is 0 Å². The maximum absolute atomic E-state index is 13.1. The molecule has 3 rings (SSSR count). The van der Waals surface area contributed by atoms with E-state index in [0.717, 1.165) is 5.56 Å². The number of nitrogens with zero attached hydrogens (tertiary/aromatic N) is 3. The molecule has 3 N–H and O–H groups in total. The van der Waals surface area contributed by atoms with Gasteiger partial charge in [0.15, 0.2) is 0 Å². The minimum atomic E-state index is -1.18. The lowest BCUT2D eigenvalue weighted by atomic mass is 9.88. The van der Waals surface area contributed by atoms with E-state index in [2.05, 4.69) is 10.2 Å². The number of likely N-dealkylation sites (tertiary alicyclic amines) is 1. The minimum absolute atomic E-state index is 0.0232. The van der Waals surface area contributed by atoms with Gasteiger partial charge in [0.25, 0.3) is 0 Å². The van der Waals surface area contributed by atoms with Crippen LogP contribution in [0, 0.1) is 11.8 Å². The van der Waals surface area contributed by atoms with Crippen LogP contribution in [0.25, 0.3) is 0 Å². The van der Waals surface area contributed by atoms with Crippen LogP contribution in [0.4, 0.5) is 5.69 Å². The predicted octanol–water partition coefficient (Wildman–Crippen LogP) is 2.20. The van der Waals surface area contributed by atoms with E-state index in [1.165, 1.54) is 23.6 Å². The number of hydrogen-bond donors (Lipinski definition) is 3. The number of likely N-dealkylation sites (N-methyl/N-ethyl adjacent to an activating group) is 1. The van der Waals surface area contributed by atoms with E-state index in [4.69, 9.17) is 0 Å². The van der Waals surface area contributed by atoms with Gasteiger partial charge in [-0.3, -0.25) is 19.3 Å². The molecule has 10 nitrogen and oxygen atoms in total. The van der Waals surface area contributed by atoms with E-state index < -0.39 is 18.1 Å². The molecule has 0 saturated carbocycles. The summed E-state index contributed by atoms with van der Waals surface area (Å²) in [6, 6.07) is 6.62. The molecule has 0 aromatic heterocycles. The number of carbonyl (C=O) groups excluding carboxylic acids is 3. The van der Waals surface area contributed by atoms with Crippen molar-refractivity contribution in [1.29, 1.82) is 0 Å². The number of rotatable bonds is 10. The molecule has 208 valence electrons. The third-order valence-electron chi connectivity index (χ3n) is 7.40. The van der Waals surface area contributed by atoms with Gasteiger partial charge in [-0.05, 0) is 31.0 Å². The Hall–Kier alpha value is -2.89. The number of nitrogens with one attached hydrogen (secondary N) is 1. The quantitative estimate of drug-likeness (QED) is 0.381. The van der Waals surface area contributed by atoms with Crippen LogP contribution in [-0.2, 0) is 25.7 Å². The molecular formula is C27H38N4O6S.